The van der Waals surface area contributed by atoms with Crippen molar-refractivity contribution < 1.29 is 0 Å². The van der Waals surface area contributed by atoms with Gasteiger partial charge in [0.25, 0.3) is 0 Å². The van der Waals surface area contributed by atoms with Gasteiger partial charge in [-0.25, -0.2) is 0 Å². The molecule has 2 nitrogen and oxygen atoms in total. The second-order valence-electron chi connectivity index (χ2n) is 5.47. The van der Waals surface area contributed by atoms with Crippen LogP contribution in [-0.2, 0) is 6.42 Å². The molecule has 2 atom stereocenters. The Morgan fingerprint density at radius 1 is 1.37 bits per heavy atom. The van der Waals surface area contributed by atoms with Gasteiger partial charge >= 0.3 is 0 Å². The van der Waals surface area contributed by atoms with E-state index in [1.54, 1.807) is 0 Å². The fraction of sp³-hybridized carbons (Fsp3) is 0.500. The van der Waals surface area contributed by atoms with E-state index in [9.17, 15) is 0 Å². The highest BCUT2D eigenvalue weighted by Gasteiger charge is 2.26. The van der Waals surface area contributed by atoms with Crippen LogP contribution in [0.15, 0.2) is 36.5 Å². The largest absolute Gasteiger partial charge is 0.392 e. The Hall–Kier alpha value is -0.990. The Bertz CT molecular complexity index is 427. The molecule has 1 aromatic carbocycles. The molecular weight excluding hydrogens is 256 g/mol. The van der Waals surface area contributed by atoms with E-state index in [0.717, 1.165) is 23.7 Å². The normalized spacial score (nSPS) is 24.2. The molecule has 0 bridgehead atoms. The average Bonchev–Trinajstić information content (AvgIpc) is 2.42. The van der Waals surface area contributed by atoms with Gasteiger partial charge in [0, 0.05) is 36.3 Å². The highest BCUT2D eigenvalue weighted by Crippen LogP contribution is 2.26. The van der Waals surface area contributed by atoms with Gasteiger partial charge in [0.2, 0.25) is 0 Å². The summed E-state index contributed by atoms with van der Waals surface area (Å²) in [6.07, 6.45) is 3.55. The van der Waals surface area contributed by atoms with E-state index in [1.165, 1.54) is 18.4 Å². The zero-order chi connectivity index (χ0) is 13.8. The molecule has 104 valence electrons. The van der Waals surface area contributed by atoms with Crippen LogP contribution in [0.4, 0.5) is 0 Å². The lowest BCUT2D eigenvalue weighted by Crippen LogP contribution is -2.43. The highest BCUT2D eigenvalue weighted by molar-refractivity contribution is 6.30. The van der Waals surface area contributed by atoms with E-state index >= 15 is 0 Å². The number of benzene rings is 1. The van der Waals surface area contributed by atoms with Crippen LogP contribution in [0.5, 0.6) is 0 Å². The topological polar surface area (TPSA) is 15.3 Å². The first kappa shape index (κ1) is 14.4. The van der Waals surface area contributed by atoms with Gasteiger partial charge in [-0.05, 0) is 44.0 Å². The lowest BCUT2D eigenvalue weighted by Gasteiger charge is -2.38. The summed E-state index contributed by atoms with van der Waals surface area (Å²) in [5, 5.41) is 4.00. The van der Waals surface area contributed by atoms with Gasteiger partial charge in [0.05, 0.1) is 0 Å². The standard InChI is InChI=1S/C16H23ClN2/c1-12(18-2)14-6-9-16(19(3)11-14)10-13-4-7-15(17)8-5-13/h4-5,7-8,14,16,18H,1,6,9-11H2,2-3H3. The van der Waals surface area contributed by atoms with Crippen LogP contribution in [0, 0.1) is 5.92 Å². The Balaban J connectivity index is 1.93. The lowest BCUT2D eigenvalue weighted by molar-refractivity contribution is 0.149. The van der Waals surface area contributed by atoms with E-state index in [1.807, 2.05) is 19.2 Å². The van der Waals surface area contributed by atoms with Gasteiger partial charge in [-0.2, -0.15) is 0 Å². The van der Waals surface area contributed by atoms with Crippen LogP contribution in [0.25, 0.3) is 0 Å². The molecular formula is C16H23ClN2. The van der Waals surface area contributed by atoms with Crippen molar-refractivity contribution in [2.24, 2.45) is 5.92 Å². The third-order valence-corrected chi connectivity index (χ3v) is 4.43. The van der Waals surface area contributed by atoms with Crippen LogP contribution in [0.2, 0.25) is 5.02 Å². The number of hydrogen-bond donors (Lipinski definition) is 1. The zero-order valence-corrected chi connectivity index (χ0v) is 12.6. The number of hydrogen-bond acceptors (Lipinski definition) is 2. The Morgan fingerprint density at radius 3 is 2.63 bits per heavy atom. The summed E-state index contributed by atoms with van der Waals surface area (Å²) in [6.45, 7) is 5.19. The predicted octanol–water partition coefficient (Wildman–Crippen LogP) is 3.33. The molecule has 1 aromatic rings. The minimum Gasteiger partial charge on any atom is -0.392 e. The van der Waals surface area contributed by atoms with Crippen molar-refractivity contribution in [1.29, 1.82) is 0 Å². The summed E-state index contributed by atoms with van der Waals surface area (Å²) in [6, 6.07) is 8.85. The first-order chi connectivity index (χ1) is 9.10. The van der Waals surface area contributed by atoms with Crippen molar-refractivity contribution in [2.75, 3.05) is 20.6 Å². The second kappa shape index (κ2) is 6.44. The number of halogens is 1. The number of nitrogens with zero attached hydrogens (tertiary/aromatic N) is 1. The molecule has 0 saturated carbocycles. The van der Waals surface area contributed by atoms with Gasteiger partial charge in [-0.15, -0.1) is 0 Å². The number of likely N-dealkylation sites (tertiary alicyclic amines) is 1. The highest BCUT2D eigenvalue weighted by atomic mass is 35.5. The summed E-state index contributed by atoms with van der Waals surface area (Å²) in [4.78, 5) is 2.46. The molecule has 2 rings (SSSR count). The average molecular weight is 279 g/mol. The van der Waals surface area contributed by atoms with Crippen LogP contribution < -0.4 is 5.32 Å². The molecule has 2 unspecified atom stereocenters. The van der Waals surface area contributed by atoms with Gasteiger partial charge < -0.3 is 10.2 Å². The molecule has 0 spiro atoms. The minimum absolute atomic E-state index is 0.580. The third-order valence-electron chi connectivity index (χ3n) is 4.18. The molecule has 1 N–H and O–H groups in total. The summed E-state index contributed by atoms with van der Waals surface area (Å²) in [5.74, 6) is 0.580. The molecule has 1 saturated heterocycles. The Labute approximate surface area is 121 Å². The van der Waals surface area contributed by atoms with Crippen molar-refractivity contribution in [1.82, 2.24) is 10.2 Å². The van der Waals surface area contributed by atoms with E-state index in [0.29, 0.717) is 12.0 Å². The number of piperidine rings is 1. The van der Waals surface area contributed by atoms with E-state index < -0.39 is 0 Å². The van der Waals surface area contributed by atoms with Crippen LogP contribution >= 0.6 is 11.6 Å². The van der Waals surface area contributed by atoms with Gasteiger partial charge in [-0.1, -0.05) is 30.3 Å². The first-order valence-electron chi connectivity index (χ1n) is 6.91. The first-order valence-corrected chi connectivity index (χ1v) is 7.29. The summed E-state index contributed by atoms with van der Waals surface area (Å²) in [7, 11) is 4.18. The smallest absolute Gasteiger partial charge is 0.0406 e. The molecule has 1 heterocycles. The number of likely N-dealkylation sites (N-methyl/N-ethyl adjacent to an activating group) is 1. The van der Waals surface area contributed by atoms with Crippen LogP contribution in [0.1, 0.15) is 18.4 Å². The quantitative estimate of drug-likeness (QED) is 0.909. The van der Waals surface area contributed by atoms with Crippen molar-refractivity contribution >= 4 is 11.6 Å². The number of nitrogens with one attached hydrogen (secondary N) is 1. The number of rotatable bonds is 4. The maximum Gasteiger partial charge on any atom is 0.0406 e. The van der Waals surface area contributed by atoms with Gasteiger partial charge in [-0.3, -0.25) is 0 Å². The predicted molar refractivity (Wildman–Crippen MR) is 82.5 cm³/mol. The monoisotopic (exact) mass is 278 g/mol. The summed E-state index contributed by atoms with van der Waals surface area (Å²) in [5.41, 5.74) is 2.53. The van der Waals surface area contributed by atoms with Crippen molar-refractivity contribution in [3.63, 3.8) is 0 Å². The molecule has 0 amide bonds. The fourth-order valence-corrected chi connectivity index (χ4v) is 2.97. The molecule has 1 aliphatic heterocycles. The van der Waals surface area contributed by atoms with Gasteiger partial charge in [0.1, 0.15) is 0 Å². The third kappa shape index (κ3) is 3.74. The second-order valence-corrected chi connectivity index (χ2v) is 5.91. The van der Waals surface area contributed by atoms with Crippen molar-refractivity contribution in [3.05, 3.63) is 47.1 Å². The van der Waals surface area contributed by atoms with Crippen LogP contribution in [-0.4, -0.2) is 31.6 Å². The molecule has 0 aliphatic carbocycles. The summed E-state index contributed by atoms with van der Waals surface area (Å²) < 4.78 is 0. The van der Waals surface area contributed by atoms with Crippen LogP contribution in [0.3, 0.4) is 0 Å². The van der Waals surface area contributed by atoms with E-state index in [4.69, 9.17) is 11.6 Å². The SMILES string of the molecule is C=C(NC)C1CCC(Cc2ccc(Cl)cc2)N(C)C1. The molecule has 0 radical (unpaired) electrons. The maximum atomic E-state index is 5.93. The molecule has 19 heavy (non-hydrogen) atoms. The Morgan fingerprint density at radius 2 is 2.05 bits per heavy atom. The lowest BCUT2D eigenvalue weighted by atomic mass is 9.88. The Kier molecular flexibility index (Phi) is 4.89. The fourth-order valence-electron chi connectivity index (χ4n) is 2.84. The van der Waals surface area contributed by atoms with E-state index in [-0.39, 0.29) is 0 Å². The molecule has 3 heteroatoms. The molecule has 0 aromatic heterocycles. The van der Waals surface area contributed by atoms with Gasteiger partial charge in [0.15, 0.2) is 0 Å². The molecule has 1 fully saturated rings. The minimum atomic E-state index is 0.580. The van der Waals surface area contributed by atoms with Crippen molar-refractivity contribution in [2.45, 2.75) is 25.3 Å². The van der Waals surface area contributed by atoms with Crippen molar-refractivity contribution in [3.8, 4) is 0 Å². The summed E-state index contributed by atoms with van der Waals surface area (Å²) >= 11 is 5.93. The zero-order valence-electron chi connectivity index (χ0n) is 11.8. The molecule has 1 aliphatic rings. The maximum absolute atomic E-state index is 5.93. The van der Waals surface area contributed by atoms with E-state index in [2.05, 4.69) is 36.0 Å².